The van der Waals surface area contributed by atoms with E-state index in [-0.39, 0.29) is 6.61 Å². The molecule has 1 atom stereocenters. The Morgan fingerprint density at radius 3 is 2.63 bits per heavy atom. The Morgan fingerprint density at radius 2 is 2.11 bits per heavy atom. The average molecular weight is 260 g/mol. The van der Waals surface area contributed by atoms with Gasteiger partial charge in [-0.25, -0.2) is 0 Å². The van der Waals surface area contributed by atoms with Crippen molar-refractivity contribution in [2.45, 2.75) is 25.9 Å². The normalized spacial score (nSPS) is 18.1. The molecule has 0 unspecified atom stereocenters. The van der Waals surface area contributed by atoms with E-state index in [1.165, 1.54) is 0 Å². The number of benzene rings is 1. The number of anilines is 1. The molecule has 4 heteroatoms. The molecule has 0 bridgehead atoms. The van der Waals surface area contributed by atoms with Crippen molar-refractivity contribution in [3.8, 4) is 6.07 Å². The smallest absolute Gasteiger partial charge is 0.0992 e. The maximum Gasteiger partial charge on any atom is 0.0992 e. The van der Waals surface area contributed by atoms with E-state index in [4.69, 9.17) is 5.26 Å². The molecule has 1 heterocycles. The number of nitrogens with zero attached hydrogens (tertiary/aromatic N) is 2. The molecule has 1 aliphatic heterocycles. The molecule has 0 amide bonds. The first-order chi connectivity index (χ1) is 9.15. The van der Waals surface area contributed by atoms with Gasteiger partial charge in [0.05, 0.1) is 17.7 Å². The third-order valence-corrected chi connectivity index (χ3v) is 3.82. The van der Waals surface area contributed by atoms with Crippen molar-refractivity contribution in [3.63, 3.8) is 0 Å². The van der Waals surface area contributed by atoms with E-state index in [1.54, 1.807) is 13.0 Å². The Balaban J connectivity index is 2.25. The molecule has 102 valence electrons. The first kappa shape index (κ1) is 13.9. The summed E-state index contributed by atoms with van der Waals surface area (Å²) >= 11 is 0. The molecular weight excluding hydrogens is 240 g/mol. The molecule has 4 nitrogen and oxygen atoms in total. The SMILES string of the molecule is C[C@H](O)c1ccc(C#N)cc1N1CCC(CO)CC1. The van der Waals surface area contributed by atoms with Crippen LogP contribution >= 0.6 is 0 Å². The van der Waals surface area contributed by atoms with Crippen LogP contribution in [0.3, 0.4) is 0 Å². The summed E-state index contributed by atoms with van der Waals surface area (Å²) < 4.78 is 0. The number of piperidine rings is 1. The first-order valence-corrected chi connectivity index (χ1v) is 6.73. The van der Waals surface area contributed by atoms with Gasteiger partial charge < -0.3 is 15.1 Å². The maximum atomic E-state index is 9.85. The molecule has 2 rings (SSSR count). The molecule has 0 saturated carbocycles. The minimum Gasteiger partial charge on any atom is -0.396 e. The van der Waals surface area contributed by atoms with E-state index in [2.05, 4.69) is 11.0 Å². The quantitative estimate of drug-likeness (QED) is 0.870. The molecular formula is C15H20N2O2. The van der Waals surface area contributed by atoms with E-state index in [9.17, 15) is 10.2 Å². The van der Waals surface area contributed by atoms with Gasteiger partial charge in [0.1, 0.15) is 0 Å². The summed E-state index contributed by atoms with van der Waals surface area (Å²) in [6, 6.07) is 7.56. The third kappa shape index (κ3) is 3.06. The van der Waals surface area contributed by atoms with Crippen molar-refractivity contribution < 1.29 is 10.2 Å². The molecule has 1 aliphatic rings. The number of hydrogen-bond donors (Lipinski definition) is 2. The van der Waals surface area contributed by atoms with Gasteiger partial charge in [-0.2, -0.15) is 5.26 Å². The molecule has 0 spiro atoms. The molecule has 19 heavy (non-hydrogen) atoms. The van der Waals surface area contributed by atoms with E-state index in [0.717, 1.165) is 37.2 Å². The van der Waals surface area contributed by atoms with Crippen molar-refractivity contribution >= 4 is 5.69 Å². The van der Waals surface area contributed by atoms with Crippen LogP contribution < -0.4 is 4.90 Å². The Bertz CT molecular complexity index is 472. The maximum absolute atomic E-state index is 9.85. The number of nitriles is 1. The second kappa shape index (κ2) is 6.05. The Morgan fingerprint density at radius 1 is 1.42 bits per heavy atom. The van der Waals surface area contributed by atoms with Crippen LogP contribution in [0, 0.1) is 17.2 Å². The van der Waals surface area contributed by atoms with Gasteiger partial charge in [0.2, 0.25) is 0 Å². The van der Waals surface area contributed by atoms with Gasteiger partial charge in [-0.15, -0.1) is 0 Å². The second-order valence-corrected chi connectivity index (χ2v) is 5.17. The van der Waals surface area contributed by atoms with Crippen LogP contribution in [-0.4, -0.2) is 29.9 Å². The molecule has 0 aromatic heterocycles. The topological polar surface area (TPSA) is 67.5 Å². The van der Waals surface area contributed by atoms with Crippen LogP contribution in [0.25, 0.3) is 0 Å². The highest BCUT2D eigenvalue weighted by Gasteiger charge is 2.21. The Labute approximate surface area is 113 Å². The fourth-order valence-corrected chi connectivity index (χ4v) is 2.60. The van der Waals surface area contributed by atoms with Gasteiger partial charge in [-0.3, -0.25) is 0 Å². The molecule has 0 aliphatic carbocycles. The zero-order valence-corrected chi connectivity index (χ0v) is 11.2. The van der Waals surface area contributed by atoms with Gasteiger partial charge in [0, 0.05) is 30.9 Å². The number of rotatable bonds is 3. The van der Waals surface area contributed by atoms with Gasteiger partial charge in [0.25, 0.3) is 0 Å². The molecule has 1 saturated heterocycles. The number of hydrogen-bond acceptors (Lipinski definition) is 4. The van der Waals surface area contributed by atoms with Crippen LogP contribution in [0.5, 0.6) is 0 Å². The summed E-state index contributed by atoms with van der Waals surface area (Å²) in [6.45, 7) is 3.71. The standard InChI is InChI=1S/C15H20N2O2/c1-11(19)14-3-2-13(9-16)8-15(14)17-6-4-12(10-18)5-7-17/h2-3,8,11-12,18-19H,4-7,10H2,1H3/t11-/m0/s1. The van der Waals surface area contributed by atoms with E-state index >= 15 is 0 Å². The summed E-state index contributed by atoms with van der Waals surface area (Å²) in [4.78, 5) is 2.20. The van der Waals surface area contributed by atoms with E-state index < -0.39 is 6.10 Å². The van der Waals surface area contributed by atoms with Gasteiger partial charge >= 0.3 is 0 Å². The van der Waals surface area contributed by atoms with Crippen LogP contribution in [0.2, 0.25) is 0 Å². The summed E-state index contributed by atoms with van der Waals surface area (Å²) in [5.74, 6) is 0.380. The van der Waals surface area contributed by atoms with Crippen LogP contribution in [-0.2, 0) is 0 Å². The predicted molar refractivity (Wildman–Crippen MR) is 73.8 cm³/mol. The lowest BCUT2D eigenvalue weighted by molar-refractivity contribution is 0.196. The van der Waals surface area contributed by atoms with E-state index in [0.29, 0.717) is 11.5 Å². The van der Waals surface area contributed by atoms with Crippen molar-refractivity contribution in [2.24, 2.45) is 5.92 Å². The lowest BCUT2D eigenvalue weighted by atomic mass is 9.96. The largest absolute Gasteiger partial charge is 0.396 e. The van der Waals surface area contributed by atoms with Gasteiger partial charge in [-0.1, -0.05) is 6.07 Å². The van der Waals surface area contributed by atoms with Gasteiger partial charge in [-0.05, 0) is 37.8 Å². The Kier molecular flexibility index (Phi) is 4.41. The first-order valence-electron chi connectivity index (χ1n) is 6.73. The third-order valence-electron chi connectivity index (χ3n) is 3.82. The number of aliphatic hydroxyl groups is 2. The highest BCUT2D eigenvalue weighted by atomic mass is 16.3. The summed E-state index contributed by atoms with van der Waals surface area (Å²) in [5.41, 5.74) is 2.43. The summed E-state index contributed by atoms with van der Waals surface area (Å²) in [6.07, 6.45) is 1.36. The zero-order valence-electron chi connectivity index (χ0n) is 11.2. The lowest BCUT2D eigenvalue weighted by Crippen LogP contribution is -2.35. The lowest BCUT2D eigenvalue weighted by Gasteiger charge is -2.34. The average Bonchev–Trinajstić information content (AvgIpc) is 2.46. The van der Waals surface area contributed by atoms with Crippen LogP contribution in [0.15, 0.2) is 18.2 Å². The van der Waals surface area contributed by atoms with Gasteiger partial charge in [0.15, 0.2) is 0 Å². The monoisotopic (exact) mass is 260 g/mol. The predicted octanol–water partition coefficient (Wildman–Crippen LogP) is 1.82. The van der Waals surface area contributed by atoms with E-state index in [1.807, 2.05) is 12.1 Å². The molecule has 1 aromatic rings. The highest BCUT2D eigenvalue weighted by molar-refractivity contribution is 5.58. The van der Waals surface area contributed by atoms with Crippen molar-refractivity contribution in [2.75, 3.05) is 24.6 Å². The van der Waals surface area contributed by atoms with Crippen LogP contribution in [0.1, 0.15) is 37.0 Å². The zero-order chi connectivity index (χ0) is 13.8. The van der Waals surface area contributed by atoms with Crippen molar-refractivity contribution in [1.29, 1.82) is 5.26 Å². The fourth-order valence-electron chi connectivity index (χ4n) is 2.60. The molecule has 0 radical (unpaired) electrons. The number of aliphatic hydroxyl groups excluding tert-OH is 2. The molecule has 1 fully saturated rings. The van der Waals surface area contributed by atoms with Crippen LogP contribution in [0.4, 0.5) is 5.69 Å². The summed E-state index contributed by atoms with van der Waals surface area (Å²) in [7, 11) is 0. The second-order valence-electron chi connectivity index (χ2n) is 5.17. The Hall–Kier alpha value is -1.57. The molecule has 2 N–H and O–H groups in total. The summed E-state index contributed by atoms with van der Waals surface area (Å²) in [5, 5.41) is 28.0. The van der Waals surface area contributed by atoms with Crippen molar-refractivity contribution in [3.05, 3.63) is 29.3 Å². The molecule has 1 aromatic carbocycles. The minimum absolute atomic E-state index is 0.245. The fraction of sp³-hybridized carbons (Fsp3) is 0.533. The highest BCUT2D eigenvalue weighted by Crippen LogP contribution is 2.30. The minimum atomic E-state index is -0.543. The van der Waals surface area contributed by atoms with Crippen molar-refractivity contribution in [1.82, 2.24) is 0 Å².